The average molecular weight is 399 g/mol. The van der Waals surface area contributed by atoms with Gasteiger partial charge in [-0.2, -0.15) is 14.9 Å². The minimum Gasteiger partial charge on any atom is -0.382 e. The largest absolute Gasteiger partial charge is 0.382 e. The molecule has 0 atom stereocenters. The zero-order chi connectivity index (χ0) is 20.5. The third-order valence-corrected chi connectivity index (χ3v) is 5.55. The zero-order valence-corrected chi connectivity index (χ0v) is 16.4. The van der Waals surface area contributed by atoms with E-state index >= 15 is 0 Å². The first-order chi connectivity index (χ1) is 14.7. The quantitative estimate of drug-likeness (QED) is 0.542. The monoisotopic (exact) mass is 399 g/mol. The molecule has 3 aromatic heterocycles. The van der Waals surface area contributed by atoms with Crippen LogP contribution in [0.15, 0.2) is 42.7 Å². The number of pyridine rings is 1. The van der Waals surface area contributed by atoms with Gasteiger partial charge in [0.05, 0.1) is 17.4 Å². The van der Waals surface area contributed by atoms with Crippen LogP contribution >= 0.6 is 0 Å². The second-order valence-corrected chi connectivity index (χ2v) is 7.41. The van der Waals surface area contributed by atoms with E-state index in [4.69, 9.17) is 15.5 Å². The van der Waals surface area contributed by atoms with E-state index in [0.29, 0.717) is 35.3 Å². The Balaban J connectivity index is 1.56. The van der Waals surface area contributed by atoms with Crippen LogP contribution in [0.4, 0.5) is 5.82 Å². The summed E-state index contributed by atoms with van der Waals surface area (Å²) in [4.78, 5) is 9.33. The number of hydrogen-bond donors (Lipinski definition) is 2. The Morgan fingerprint density at radius 1 is 1.23 bits per heavy atom. The predicted octanol–water partition coefficient (Wildman–Crippen LogP) is 2.67. The molecule has 4 aromatic rings. The molecule has 1 aliphatic rings. The van der Waals surface area contributed by atoms with E-state index in [2.05, 4.69) is 27.5 Å². The van der Waals surface area contributed by atoms with Crippen LogP contribution in [-0.4, -0.2) is 38.8 Å². The molecule has 1 aliphatic heterocycles. The maximum absolute atomic E-state index is 9.67. The number of rotatable bonds is 4. The number of hydrogen-bond acceptors (Lipinski definition) is 7. The Hall–Kier alpha value is -3.54. The number of nitriles is 1. The zero-order valence-electron chi connectivity index (χ0n) is 16.4. The minimum atomic E-state index is 0.297. The van der Waals surface area contributed by atoms with E-state index in [1.165, 1.54) is 4.52 Å². The molecule has 1 saturated heterocycles. The molecule has 30 heavy (non-hydrogen) atoms. The summed E-state index contributed by atoms with van der Waals surface area (Å²) in [5.41, 5.74) is 10.6. The van der Waals surface area contributed by atoms with Gasteiger partial charge in [0.1, 0.15) is 17.5 Å². The van der Waals surface area contributed by atoms with Crippen molar-refractivity contribution in [3.63, 3.8) is 0 Å². The van der Waals surface area contributed by atoms with Gasteiger partial charge in [-0.05, 0) is 25.0 Å². The summed E-state index contributed by atoms with van der Waals surface area (Å²) < 4.78 is 6.94. The van der Waals surface area contributed by atoms with Crippen LogP contribution in [0, 0.1) is 11.3 Å². The Bertz CT molecular complexity index is 1270. The van der Waals surface area contributed by atoms with Crippen molar-refractivity contribution >= 4 is 22.4 Å². The lowest BCUT2D eigenvalue weighted by atomic mass is 10.1. The average Bonchev–Trinajstić information content (AvgIpc) is 3.22. The SMILES string of the molecule is N#Cc1c(CNC2CCOCC2)nc2c(-c3cnc4ccccc4c3)cnn2c1N. The fraction of sp³-hybridized carbons (Fsp3) is 0.273. The molecule has 0 aliphatic carbocycles. The Morgan fingerprint density at radius 2 is 2.07 bits per heavy atom. The number of aromatic nitrogens is 4. The van der Waals surface area contributed by atoms with E-state index < -0.39 is 0 Å². The third kappa shape index (κ3) is 3.24. The van der Waals surface area contributed by atoms with Crippen molar-refractivity contribution in [3.05, 3.63) is 54.0 Å². The number of para-hydroxylation sites is 1. The summed E-state index contributed by atoms with van der Waals surface area (Å²) in [6.07, 6.45) is 5.43. The van der Waals surface area contributed by atoms with Crippen LogP contribution in [0.1, 0.15) is 24.1 Å². The lowest BCUT2D eigenvalue weighted by Gasteiger charge is -2.23. The lowest BCUT2D eigenvalue weighted by Crippen LogP contribution is -2.34. The summed E-state index contributed by atoms with van der Waals surface area (Å²) >= 11 is 0. The maximum Gasteiger partial charge on any atom is 0.165 e. The molecular weight excluding hydrogens is 378 g/mol. The van der Waals surface area contributed by atoms with Crippen LogP contribution in [0.2, 0.25) is 0 Å². The highest BCUT2D eigenvalue weighted by Crippen LogP contribution is 2.28. The molecule has 0 bridgehead atoms. The minimum absolute atomic E-state index is 0.297. The van der Waals surface area contributed by atoms with Crippen LogP contribution in [-0.2, 0) is 11.3 Å². The molecule has 0 spiro atoms. The number of nitrogens with zero attached hydrogens (tertiary/aromatic N) is 5. The van der Waals surface area contributed by atoms with Crippen molar-refractivity contribution in [1.29, 1.82) is 5.26 Å². The van der Waals surface area contributed by atoms with Crippen LogP contribution in [0.3, 0.4) is 0 Å². The fourth-order valence-corrected chi connectivity index (χ4v) is 3.88. The normalized spacial score (nSPS) is 14.9. The molecule has 0 unspecified atom stereocenters. The highest BCUT2D eigenvalue weighted by atomic mass is 16.5. The van der Waals surface area contributed by atoms with Gasteiger partial charge in [0.25, 0.3) is 0 Å². The number of anilines is 1. The Labute approximate surface area is 173 Å². The van der Waals surface area contributed by atoms with E-state index in [-0.39, 0.29) is 0 Å². The predicted molar refractivity (Wildman–Crippen MR) is 114 cm³/mol. The molecule has 150 valence electrons. The van der Waals surface area contributed by atoms with E-state index in [9.17, 15) is 5.26 Å². The van der Waals surface area contributed by atoms with Crippen LogP contribution in [0.5, 0.6) is 0 Å². The Kier molecular flexibility index (Phi) is 4.75. The van der Waals surface area contributed by atoms with Crippen LogP contribution in [0.25, 0.3) is 27.7 Å². The molecule has 1 aromatic carbocycles. The second-order valence-electron chi connectivity index (χ2n) is 7.41. The van der Waals surface area contributed by atoms with Crippen molar-refractivity contribution < 1.29 is 4.74 Å². The second kappa shape index (κ2) is 7.71. The molecule has 8 nitrogen and oxygen atoms in total. The van der Waals surface area contributed by atoms with Gasteiger partial charge in [-0.25, -0.2) is 4.98 Å². The van der Waals surface area contributed by atoms with Gasteiger partial charge in [-0.3, -0.25) is 4.98 Å². The third-order valence-electron chi connectivity index (χ3n) is 5.55. The number of ether oxygens (including phenoxy) is 1. The number of benzene rings is 1. The molecule has 8 heteroatoms. The number of fused-ring (bicyclic) bond motifs is 2. The summed E-state index contributed by atoms with van der Waals surface area (Å²) in [7, 11) is 0. The van der Waals surface area contributed by atoms with Crippen molar-refractivity contribution in [3.8, 4) is 17.2 Å². The van der Waals surface area contributed by atoms with Crippen molar-refractivity contribution in [2.24, 2.45) is 0 Å². The smallest absolute Gasteiger partial charge is 0.165 e. The Morgan fingerprint density at radius 3 is 2.90 bits per heavy atom. The molecule has 1 fully saturated rings. The summed E-state index contributed by atoms with van der Waals surface area (Å²) in [5, 5.41) is 18.6. The first-order valence-electron chi connectivity index (χ1n) is 9.97. The molecule has 5 rings (SSSR count). The first kappa shape index (κ1) is 18.5. The highest BCUT2D eigenvalue weighted by molar-refractivity contribution is 5.87. The fourth-order valence-electron chi connectivity index (χ4n) is 3.88. The van der Waals surface area contributed by atoms with E-state index in [1.807, 2.05) is 30.5 Å². The van der Waals surface area contributed by atoms with E-state index in [0.717, 1.165) is 48.1 Å². The van der Waals surface area contributed by atoms with Gasteiger partial charge in [0.15, 0.2) is 5.65 Å². The summed E-state index contributed by atoms with van der Waals surface area (Å²) in [6.45, 7) is 1.97. The topological polar surface area (TPSA) is 114 Å². The summed E-state index contributed by atoms with van der Waals surface area (Å²) in [5.74, 6) is 0.297. The summed E-state index contributed by atoms with van der Waals surface area (Å²) in [6, 6.07) is 12.6. The lowest BCUT2D eigenvalue weighted by molar-refractivity contribution is 0.0775. The number of nitrogen functional groups attached to an aromatic ring is 1. The molecule has 3 N–H and O–H groups in total. The van der Waals surface area contributed by atoms with Gasteiger partial charge >= 0.3 is 0 Å². The highest BCUT2D eigenvalue weighted by Gasteiger charge is 2.19. The van der Waals surface area contributed by atoms with E-state index in [1.54, 1.807) is 6.20 Å². The van der Waals surface area contributed by atoms with Crippen molar-refractivity contribution in [1.82, 2.24) is 24.9 Å². The number of nitrogens with one attached hydrogen (secondary N) is 1. The molecular formula is C22H21N7O. The standard InChI is InChI=1S/C22H21N7O/c23-10-17-20(13-25-16-5-7-30-8-6-16)28-22-18(12-27-29(22)21(17)24)15-9-14-3-1-2-4-19(14)26-11-15/h1-4,9,11-12,16,25H,5-8,13,24H2. The van der Waals surface area contributed by atoms with Crippen molar-refractivity contribution in [2.75, 3.05) is 18.9 Å². The first-order valence-corrected chi connectivity index (χ1v) is 9.97. The van der Waals surface area contributed by atoms with Gasteiger partial charge in [-0.1, -0.05) is 18.2 Å². The van der Waals surface area contributed by atoms with Gasteiger partial charge in [0.2, 0.25) is 0 Å². The molecule has 0 amide bonds. The van der Waals surface area contributed by atoms with Crippen LogP contribution < -0.4 is 11.1 Å². The van der Waals surface area contributed by atoms with Gasteiger partial charge in [-0.15, -0.1) is 0 Å². The maximum atomic E-state index is 9.67. The number of nitrogens with two attached hydrogens (primary N) is 1. The van der Waals surface area contributed by atoms with Crippen molar-refractivity contribution in [2.45, 2.75) is 25.4 Å². The molecule has 4 heterocycles. The molecule has 0 radical (unpaired) electrons. The van der Waals surface area contributed by atoms with Gasteiger partial charge < -0.3 is 15.8 Å². The molecule has 0 saturated carbocycles. The van der Waals surface area contributed by atoms with Gasteiger partial charge in [0, 0.05) is 48.5 Å².